The van der Waals surface area contributed by atoms with E-state index in [-0.39, 0.29) is 0 Å². The summed E-state index contributed by atoms with van der Waals surface area (Å²) >= 11 is 0. The molecule has 0 aromatic carbocycles. The fourth-order valence-corrected chi connectivity index (χ4v) is 2.84. The SMILES string of the molecule is CCCCCN1CCC(NCC)C(CC)C1. The Labute approximate surface area is 102 Å². The molecule has 1 N–H and O–H groups in total. The minimum atomic E-state index is 0.775. The number of likely N-dealkylation sites (tertiary alicyclic amines) is 1. The summed E-state index contributed by atoms with van der Waals surface area (Å²) in [5, 5.41) is 3.65. The molecule has 2 heteroatoms. The third kappa shape index (κ3) is 4.42. The van der Waals surface area contributed by atoms with Crippen LogP contribution in [0.15, 0.2) is 0 Å². The third-order valence-corrected chi connectivity index (χ3v) is 3.89. The molecular formula is C14H30N2. The van der Waals surface area contributed by atoms with E-state index in [2.05, 4.69) is 31.0 Å². The molecule has 1 rings (SSSR count). The molecule has 0 radical (unpaired) electrons. The van der Waals surface area contributed by atoms with E-state index in [1.54, 1.807) is 0 Å². The van der Waals surface area contributed by atoms with Crippen molar-refractivity contribution in [2.75, 3.05) is 26.2 Å². The van der Waals surface area contributed by atoms with Crippen LogP contribution in [0.2, 0.25) is 0 Å². The van der Waals surface area contributed by atoms with Gasteiger partial charge >= 0.3 is 0 Å². The maximum absolute atomic E-state index is 3.65. The molecule has 1 fully saturated rings. The Morgan fingerprint density at radius 1 is 1.19 bits per heavy atom. The highest BCUT2D eigenvalue weighted by atomic mass is 15.1. The van der Waals surface area contributed by atoms with Crippen molar-refractivity contribution >= 4 is 0 Å². The first-order valence-electron chi connectivity index (χ1n) is 7.27. The van der Waals surface area contributed by atoms with E-state index in [1.165, 1.54) is 51.7 Å². The molecule has 0 aromatic rings. The van der Waals surface area contributed by atoms with Crippen molar-refractivity contribution < 1.29 is 0 Å². The summed E-state index contributed by atoms with van der Waals surface area (Å²) in [5.74, 6) is 0.871. The minimum absolute atomic E-state index is 0.775. The van der Waals surface area contributed by atoms with E-state index in [0.29, 0.717) is 0 Å². The molecule has 1 aliphatic heterocycles. The zero-order chi connectivity index (χ0) is 11.8. The molecule has 16 heavy (non-hydrogen) atoms. The molecule has 0 amide bonds. The summed E-state index contributed by atoms with van der Waals surface area (Å²) in [6.07, 6.45) is 6.79. The van der Waals surface area contributed by atoms with E-state index in [0.717, 1.165) is 18.5 Å². The molecule has 1 saturated heterocycles. The van der Waals surface area contributed by atoms with Gasteiger partial charge in [0.25, 0.3) is 0 Å². The standard InChI is InChI=1S/C14H30N2/c1-4-7-8-10-16-11-9-14(15-6-3)13(5-2)12-16/h13-15H,4-12H2,1-3H3. The van der Waals surface area contributed by atoms with E-state index in [1.807, 2.05) is 0 Å². The molecule has 96 valence electrons. The Balaban J connectivity index is 2.28. The van der Waals surface area contributed by atoms with E-state index >= 15 is 0 Å². The Morgan fingerprint density at radius 2 is 2.00 bits per heavy atom. The lowest BCUT2D eigenvalue weighted by Crippen LogP contribution is -2.49. The second-order valence-corrected chi connectivity index (χ2v) is 5.13. The first-order valence-corrected chi connectivity index (χ1v) is 7.27. The molecule has 2 unspecified atom stereocenters. The van der Waals surface area contributed by atoms with Crippen LogP contribution in [0.3, 0.4) is 0 Å². The lowest BCUT2D eigenvalue weighted by molar-refractivity contribution is 0.134. The van der Waals surface area contributed by atoms with Gasteiger partial charge in [0.05, 0.1) is 0 Å². The monoisotopic (exact) mass is 226 g/mol. The molecule has 0 aromatic heterocycles. The fourth-order valence-electron chi connectivity index (χ4n) is 2.84. The average molecular weight is 226 g/mol. The largest absolute Gasteiger partial charge is 0.314 e. The van der Waals surface area contributed by atoms with Crippen molar-refractivity contribution in [2.45, 2.75) is 58.9 Å². The van der Waals surface area contributed by atoms with Gasteiger partial charge in [0.2, 0.25) is 0 Å². The van der Waals surface area contributed by atoms with Crippen LogP contribution in [0.1, 0.15) is 52.9 Å². The predicted molar refractivity (Wildman–Crippen MR) is 71.8 cm³/mol. The highest BCUT2D eigenvalue weighted by Crippen LogP contribution is 2.20. The second-order valence-electron chi connectivity index (χ2n) is 5.13. The van der Waals surface area contributed by atoms with Gasteiger partial charge in [-0.2, -0.15) is 0 Å². The lowest BCUT2D eigenvalue weighted by atomic mass is 9.89. The van der Waals surface area contributed by atoms with E-state index in [4.69, 9.17) is 0 Å². The number of rotatable bonds is 7. The zero-order valence-corrected chi connectivity index (χ0v) is 11.5. The second kappa shape index (κ2) is 8.08. The summed E-state index contributed by atoms with van der Waals surface area (Å²) in [5.41, 5.74) is 0. The smallest absolute Gasteiger partial charge is 0.0119 e. The van der Waals surface area contributed by atoms with Crippen LogP contribution in [-0.4, -0.2) is 37.1 Å². The molecule has 0 bridgehead atoms. The maximum Gasteiger partial charge on any atom is 0.0119 e. The fraction of sp³-hybridized carbons (Fsp3) is 1.00. The Hall–Kier alpha value is -0.0800. The van der Waals surface area contributed by atoms with Crippen LogP contribution in [0.25, 0.3) is 0 Å². The van der Waals surface area contributed by atoms with Gasteiger partial charge in [-0.3, -0.25) is 0 Å². The zero-order valence-electron chi connectivity index (χ0n) is 11.5. The highest BCUT2D eigenvalue weighted by molar-refractivity contribution is 4.84. The van der Waals surface area contributed by atoms with Crippen LogP contribution in [0.4, 0.5) is 0 Å². The Kier molecular flexibility index (Phi) is 7.06. The molecule has 0 aliphatic carbocycles. The first-order chi connectivity index (χ1) is 7.81. The lowest BCUT2D eigenvalue weighted by Gasteiger charge is -2.38. The highest BCUT2D eigenvalue weighted by Gasteiger charge is 2.26. The summed E-state index contributed by atoms with van der Waals surface area (Å²) < 4.78 is 0. The van der Waals surface area contributed by atoms with Gasteiger partial charge < -0.3 is 10.2 Å². The van der Waals surface area contributed by atoms with Crippen LogP contribution in [0.5, 0.6) is 0 Å². The molecule has 1 aliphatic rings. The Bertz CT molecular complexity index is 170. The van der Waals surface area contributed by atoms with E-state index < -0.39 is 0 Å². The number of nitrogens with zero attached hydrogens (tertiary/aromatic N) is 1. The summed E-state index contributed by atoms with van der Waals surface area (Å²) in [7, 11) is 0. The molecule has 2 nitrogen and oxygen atoms in total. The quantitative estimate of drug-likeness (QED) is 0.672. The van der Waals surface area contributed by atoms with Gasteiger partial charge in [-0.25, -0.2) is 0 Å². The van der Waals surface area contributed by atoms with Crippen molar-refractivity contribution in [3.63, 3.8) is 0 Å². The van der Waals surface area contributed by atoms with Crippen LogP contribution < -0.4 is 5.32 Å². The van der Waals surface area contributed by atoms with Crippen molar-refractivity contribution in [1.82, 2.24) is 10.2 Å². The molecule has 0 saturated carbocycles. The number of unbranched alkanes of at least 4 members (excludes halogenated alkanes) is 2. The number of hydrogen-bond donors (Lipinski definition) is 1. The van der Waals surface area contributed by atoms with Crippen LogP contribution in [0, 0.1) is 5.92 Å². The van der Waals surface area contributed by atoms with Crippen molar-refractivity contribution in [1.29, 1.82) is 0 Å². The Morgan fingerprint density at radius 3 is 2.62 bits per heavy atom. The molecule has 0 spiro atoms. The predicted octanol–water partition coefficient (Wildman–Crippen LogP) is 2.89. The maximum atomic E-state index is 3.65. The number of piperidine rings is 1. The van der Waals surface area contributed by atoms with Gasteiger partial charge in [0.15, 0.2) is 0 Å². The number of nitrogens with one attached hydrogen (secondary N) is 1. The average Bonchev–Trinajstić information content (AvgIpc) is 2.31. The molecule has 1 heterocycles. The molecular weight excluding hydrogens is 196 g/mol. The van der Waals surface area contributed by atoms with Gasteiger partial charge in [0.1, 0.15) is 0 Å². The van der Waals surface area contributed by atoms with Gasteiger partial charge in [0, 0.05) is 12.6 Å². The normalized spacial score (nSPS) is 27.2. The van der Waals surface area contributed by atoms with Gasteiger partial charge in [-0.1, -0.05) is 40.0 Å². The topological polar surface area (TPSA) is 15.3 Å². The molecule has 2 atom stereocenters. The van der Waals surface area contributed by atoms with Crippen LogP contribution >= 0.6 is 0 Å². The summed E-state index contributed by atoms with van der Waals surface area (Å²) in [4.78, 5) is 2.68. The summed E-state index contributed by atoms with van der Waals surface area (Å²) in [6.45, 7) is 11.9. The summed E-state index contributed by atoms with van der Waals surface area (Å²) in [6, 6.07) is 0.775. The van der Waals surface area contributed by atoms with Crippen LogP contribution in [-0.2, 0) is 0 Å². The van der Waals surface area contributed by atoms with Crippen molar-refractivity contribution in [2.24, 2.45) is 5.92 Å². The first kappa shape index (κ1) is 14.0. The van der Waals surface area contributed by atoms with E-state index in [9.17, 15) is 0 Å². The third-order valence-electron chi connectivity index (χ3n) is 3.89. The van der Waals surface area contributed by atoms with Crippen molar-refractivity contribution in [3.8, 4) is 0 Å². The van der Waals surface area contributed by atoms with Crippen molar-refractivity contribution in [3.05, 3.63) is 0 Å². The van der Waals surface area contributed by atoms with Gasteiger partial charge in [-0.15, -0.1) is 0 Å². The number of hydrogen-bond acceptors (Lipinski definition) is 2. The minimum Gasteiger partial charge on any atom is -0.314 e. The van der Waals surface area contributed by atoms with Gasteiger partial charge in [-0.05, 0) is 38.4 Å².